The third kappa shape index (κ3) is 2.79. The van der Waals surface area contributed by atoms with Crippen LogP contribution in [0.2, 0.25) is 0 Å². The van der Waals surface area contributed by atoms with Crippen LogP contribution >= 0.6 is 0 Å². The Balaban J connectivity index is 2.33. The molecule has 1 aromatic heterocycles. The summed E-state index contributed by atoms with van der Waals surface area (Å²) in [4.78, 5) is 0.265. The molecule has 8 heteroatoms. The SMILES string of the molecule is Cc1nnnn1Cc1cccc(S(=O)(=O)N(C)C)c1. The van der Waals surface area contributed by atoms with Gasteiger partial charge in [-0.25, -0.2) is 17.4 Å². The number of rotatable bonds is 4. The lowest BCUT2D eigenvalue weighted by Crippen LogP contribution is -2.22. The monoisotopic (exact) mass is 281 g/mol. The molecule has 19 heavy (non-hydrogen) atoms. The van der Waals surface area contributed by atoms with Crippen molar-refractivity contribution in [2.24, 2.45) is 0 Å². The predicted octanol–water partition coefficient (Wildman–Crippen LogP) is 0.280. The molecule has 2 rings (SSSR count). The first kappa shape index (κ1) is 13.6. The van der Waals surface area contributed by atoms with Crippen molar-refractivity contribution in [1.82, 2.24) is 24.5 Å². The van der Waals surface area contributed by atoms with E-state index < -0.39 is 10.0 Å². The second-order valence-electron chi connectivity index (χ2n) is 4.32. The molecule has 0 spiro atoms. The average molecular weight is 281 g/mol. The molecule has 0 atom stereocenters. The number of nitrogens with zero attached hydrogens (tertiary/aromatic N) is 5. The molecule has 1 aromatic carbocycles. The van der Waals surface area contributed by atoms with Crippen LogP contribution in [-0.2, 0) is 16.6 Å². The highest BCUT2D eigenvalue weighted by Crippen LogP contribution is 2.15. The van der Waals surface area contributed by atoms with E-state index in [9.17, 15) is 8.42 Å². The summed E-state index contributed by atoms with van der Waals surface area (Å²) in [6.45, 7) is 2.23. The summed E-state index contributed by atoms with van der Waals surface area (Å²) in [6.07, 6.45) is 0. The van der Waals surface area contributed by atoms with Crippen molar-refractivity contribution in [2.45, 2.75) is 18.4 Å². The van der Waals surface area contributed by atoms with Gasteiger partial charge >= 0.3 is 0 Å². The van der Waals surface area contributed by atoms with Gasteiger partial charge in [0.25, 0.3) is 0 Å². The lowest BCUT2D eigenvalue weighted by molar-refractivity contribution is 0.520. The zero-order chi connectivity index (χ0) is 14.0. The van der Waals surface area contributed by atoms with Crippen LogP contribution in [0.25, 0.3) is 0 Å². The Morgan fingerprint density at radius 3 is 2.63 bits per heavy atom. The fraction of sp³-hybridized carbons (Fsp3) is 0.364. The van der Waals surface area contributed by atoms with E-state index in [-0.39, 0.29) is 4.90 Å². The zero-order valence-corrected chi connectivity index (χ0v) is 11.8. The molecule has 7 nitrogen and oxygen atoms in total. The largest absolute Gasteiger partial charge is 0.242 e. The van der Waals surface area contributed by atoms with Crippen molar-refractivity contribution in [3.05, 3.63) is 35.7 Å². The number of aryl methyl sites for hydroxylation is 1. The van der Waals surface area contributed by atoms with Crippen molar-refractivity contribution in [3.8, 4) is 0 Å². The topological polar surface area (TPSA) is 81.0 Å². The van der Waals surface area contributed by atoms with Crippen LogP contribution in [0.1, 0.15) is 11.4 Å². The Kier molecular flexibility index (Phi) is 3.63. The van der Waals surface area contributed by atoms with Crippen molar-refractivity contribution in [3.63, 3.8) is 0 Å². The normalized spacial score (nSPS) is 12.0. The molecule has 0 N–H and O–H groups in total. The molecule has 0 saturated heterocycles. The van der Waals surface area contributed by atoms with E-state index in [1.165, 1.54) is 18.4 Å². The van der Waals surface area contributed by atoms with E-state index in [2.05, 4.69) is 15.5 Å². The van der Waals surface area contributed by atoms with E-state index in [4.69, 9.17) is 0 Å². The first-order chi connectivity index (χ1) is 8.91. The molecule has 0 amide bonds. The Morgan fingerprint density at radius 1 is 1.32 bits per heavy atom. The second-order valence-corrected chi connectivity index (χ2v) is 6.47. The summed E-state index contributed by atoms with van der Waals surface area (Å²) in [6, 6.07) is 6.77. The third-order valence-electron chi connectivity index (χ3n) is 2.72. The second kappa shape index (κ2) is 5.06. The van der Waals surface area contributed by atoms with Crippen molar-refractivity contribution in [1.29, 1.82) is 0 Å². The molecule has 0 fully saturated rings. The summed E-state index contributed by atoms with van der Waals surface area (Å²) in [7, 11) is -0.401. The average Bonchev–Trinajstić information content (AvgIpc) is 2.75. The van der Waals surface area contributed by atoms with Gasteiger partial charge in [-0.1, -0.05) is 12.1 Å². The lowest BCUT2D eigenvalue weighted by atomic mass is 10.2. The van der Waals surface area contributed by atoms with Crippen LogP contribution < -0.4 is 0 Å². The van der Waals surface area contributed by atoms with Crippen LogP contribution in [0, 0.1) is 6.92 Å². The van der Waals surface area contributed by atoms with Gasteiger partial charge in [0, 0.05) is 14.1 Å². The summed E-state index contributed by atoms with van der Waals surface area (Å²) in [5.74, 6) is 0.681. The van der Waals surface area contributed by atoms with Gasteiger partial charge in [-0.3, -0.25) is 0 Å². The molecular weight excluding hydrogens is 266 g/mol. The quantitative estimate of drug-likeness (QED) is 0.804. The number of benzene rings is 1. The standard InChI is InChI=1S/C11H15N5O2S/c1-9-12-13-14-16(9)8-10-5-4-6-11(7-10)19(17,18)15(2)3/h4-7H,8H2,1-3H3. The fourth-order valence-corrected chi connectivity index (χ4v) is 2.56. The summed E-state index contributed by atoms with van der Waals surface area (Å²) in [5.41, 5.74) is 0.832. The molecule has 1 heterocycles. The first-order valence-corrected chi connectivity index (χ1v) is 7.09. The predicted molar refractivity (Wildman–Crippen MR) is 69.0 cm³/mol. The van der Waals surface area contributed by atoms with Crippen LogP contribution in [0.15, 0.2) is 29.2 Å². The molecule has 0 aliphatic carbocycles. The minimum Gasteiger partial charge on any atom is -0.225 e. The van der Waals surface area contributed by atoms with Crippen LogP contribution in [0.5, 0.6) is 0 Å². The van der Waals surface area contributed by atoms with Crippen LogP contribution in [0.4, 0.5) is 0 Å². The van der Waals surface area contributed by atoms with Crippen molar-refractivity contribution in [2.75, 3.05) is 14.1 Å². The number of aromatic nitrogens is 4. The minimum atomic E-state index is -3.42. The van der Waals surface area contributed by atoms with E-state index in [1.54, 1.807) is 29.8 Å². The molecule has 0 bridgehead atoms. The van der Waals surface area contributed by atoms with E-state index in [0.29, 0.717) is 12.4 Å². The third-order valence-corrected chi connectivity index (χ3v) is 4.53. The van der Waals surface area contributed by atoms with Gasteiger partial charge in [0.05, 0.1) is 11.4 Å². The van der Waals surface area contributed by atoms with Gasteiger partial charge in [-0.15, -0.1) is 5.10 Å². The van der Waals surface area contributed by atoms with E-state index in [1.807, 2.05) is 6.07 Å². The molecule has 0 saturated carbocycles. The number of hydrogen-bond donors (Lipinski definition) is 0. The van der Waals surface area contributed by atoms with Crippen LogP contribution in [0.3, 0.4) is 0 Å². The van der Waals surface area contributed by atoms with Gasteiger partial charge in [-0.05, 0) is 35.0 Å². The van der Waals surface area contributed by atoms with Gasteiger partial charge < -0.3 is 0 Å². The Morgan fingerprint density at radius 2 is 2.05 bits per heavy atom. The first-order valence-electron chi connectivity index (χ1n) is 5.65. The molecule has 0 aliphatic heterocycles. The molecule has 102 valence electrons. The van der Waals surface area contributed by atoms with Gasteiger partial charge in [0.15, 0.2) is 0 Å². The van der Waals surface area contributed by atoms with E-state index in [0.717, 1.165) is 5.56 Å². The molecular formula is C11H15N5O2S. The lowest BCUT2D eigenvalue weighted by Gasteiger charge is -2.12. The van der Waals surface area contributed by atoms with Crippen molar-refractivity contribution < 1.29 is 8.42 Å². The summed E-state index contributed by atoms with van der Waals surface area (Å²) in [5, 5.41) is 11.2. The highest BCUT2D eigenvalue weighted by molar-refractivity contribution is 7.89. The van der Waals surface area contributed by atoms with Gasteiger partial charge in [0.1, 0.15) is 5.82 Å². The smallest absolute Gasteiger partial charge is 0.225 e. The maximum Gasteiger partial charge on any atom is 0.242 e. The molecule has 2 aromatic rings. The van der Waals surface area contributed by atoms with E-state index >= 15 is 0 Å². The van der Waals surface area contributed by atoms with Gasteiger partial charge in [0.2, 0.25) is 10.0 Å². The number of hydrogen-bond acceptors (Lipinski definition) is 5. The van der Waals surface area contributed by atoms with Gasteiger partial charge in [-0.2, -0.15) is 0 Å². The zero-order valence-electron chi connectivity index (χ0n) is 11.0. The Bertz CT molecular complexity index is 678. The fourth-order valence-electron chi connectivity index (χ4n) is 1.58. The summed E-state index contributed by atoms with van der Waals surface area (Å²) < 4.78 is 26.9. The Hall–Kier alpha value is -1.80. The maximum atomic E-state index is 12.0. The number of sulfonamides is 1. The van der Waals surface area contributed by atoms with Crippen LogP contribution in [-0.4, -0.2) is 47.0 Å². The molecule has 0 unspecified atom stereocenters. The minimum absolute atomic E-state index is 0.265. The highest BCUT2D eigenvalue weighted by atomic mass is 32.2. The maximum absolute atomic E-state index is 12.0. The number of tetrazole rings is 1. The summed E-state index contributed by atoms with van der Waals surface area (Å²) >= 11 is 0. The molecule has 0 aliphatic rings. The highest BCUT2D eigenvalue weighted by Gasteiger charge is 2.17. The Labute approximate surface area is 111 Å². The van der Waals surface area contributed by atoms with Crippen molar-refractivity contribution >= 4 is 10.0 Å². The molecule has 0 radical (unpaired) electrons.